The number of rotatable bonds is 8. The second-order valence-corrected chi connectivity index (χ2v) is 16.5. The van der Waals surface area contributed by atoms with E-state index in [0.717, 1.165) is 28.4 Å². The second kappa shape index (κ2) is 13.3. The first kappa shape index (κ1) is 33.2. The summed E-state index contributed by atoms with van der Waals surface area (Å²) in [6.45, 7) is 18.7. The molecule has 238 valence electrons. The molecule has 0 spiro atoms. The van der Waals surface area contributed by atoms with Crippen LogP contribution in [0, 0.1) is 0 Å². The molecular weight excluding hydrogens is 585 g/mol. The Hall–Kier alpha value is -4.15. The number of hydrogen-bond donors (Lipinski definition) is 0. The summed E-state index contributed by atoms with van der Waals surface area (Å²) in [5.41, 5.74) is 3.80. The lowest BCUT2D eigenvalue weighted by molar-refractivity contribution is 0.130. The monoisotopic (exact) mass is 631 g/mol. The topological polar surface area (TPSA) is 27.7 Å². The first-order valence-corrected chi connectivity index (χ1v) is 17.2. The van der Waals surface area contributed by atoms with E-state index >= 15 is 0 Å². The molecule has 5 rings (SSSR count). The zero-order valence-corrected chi connectivity index (χ0v) is 29.5. The van der Waals surface area contributed by atoms with E-state index in [1.807, 2.05) is 6.07 Å². The Morgan fingerprint density at radius 1 is 0.413 bits per heavy atom. The van der Waals surface area contributed by atoms with Gasteiger partial charge in [-0.05, 0) is 134 Å². The highest BCUT2D eigenvalue weighted by Gasteiger charge is 2.34. The molecule has 0 fully saturated rings. The molecule has 0 saturated heterocycles. The van der Waals surface area contributed by atoms with Gasteiger partial charge in [0.2, 0.25) is 0 Å². The minimum atomic E-state index is -0.424. The maximum Gasteiger partial charge on any atom is 0.175 e. The van der Waals surface area contributed by atoms with Gasteiger partial charge in [0.05, 0.1) is 0 Å². The van der Waals surface area contributed by atoms with Gasteiger partial charge >= 0.3 is 0 Å². The van der Waals surface area contributed by atoms with Crippen molar-refractivity contribution in [1.82, 2.24) is 0 Å². The molecule has 3 nitrogen and oxygen atoms in total. The Kier molecular flexibility index (Phi) is 9.60. The van der Waals surface area contributed by atoms with Gasteiger partial charge < -0.3 is 14.2 Å². The van der Waals surface area contributed by atoms with Gasteiger partial charge in [-0.2, -0.15) is 0 Å². The Labute approximate surface area is 278 Å². The van der Waals surface area contributed by atoms with E-state index in [1.165, 1.54) is 25.8 Å². The van der Waals surface area contributed by atoms with Gasteiger partial charge in [-0.3, -0.25) is 0 Å². The highest BCUT2D eigenvalue weighted by Crippen LogP contribution is 2.44. The highest BCUT2D eigenvalue weighted by atomic mass is 32.2. The van der Waals surface area contributed by atoms with Gasteiger partial charge in [0.15, 0.2) is 14.7 Å². The van der Waals surface area contributed by atoms with Gasteiger partial charge in [-0.25, -0.2) is 0 Å². The van der Waals surface area contributed by atoms with Gasteiger partial charge in [0, 0.05) is 11.6 Å². The van der Waals surface area contributed by atoms with Crippen molar-refractivity contribution in [3.8, 4) is 39.5 Å². The van der Waals surface area contributed by atoms with Crippen LogP contribution in [0.25, 0.3) is 22.3 Å². The van der Waals surface area contributed by atoms with Crippen LogP contribution < -0.4 is 14.2 Å². The molecule has 4 heteroatoms. The van der Waals surface area contributed by atoms with Gasteiger partial charge in [0.1, 0.15) is 44.9 Å². The van der Waals surface area contributed by atoms with E-state index < -0.39 is 10.9 Å². The summed E-state index contributed by atoms with van der Waals surface area (Å²) >= 11 is 0. The molecule has 0 amide bonds. The van der Waals surface area contributed by atoms with Crippen LogP contribution in [0.3, 0.4) is 0 Å². The molecule has 0 bridgehead atoms. The van der Waals surface area contributed by atoms with Crippen LogP contribution in [0.4, 0.5) is 0 Å². The fourth-order valence-electron chi connectivity index (χ4n) is 5.30. The lowest BCUT2D eigenvalue weighted by atomic mass is 9.94. The number of hydrogen-bond acceptors (Lipinski definition) is 3. The summed E-state index contributed by atoms with van der Waals surface area (Å²) in [4.78, 5) is 3.69. The molecule has 46 heavy (non-hydrogen) atoms. The average Bonchev–Trinajstić information content (AvgIpc) is 2.96. The van der Waals surface area contributed by atoms with E-state index in [9.17, 15) is 0 Å². The largest absolute Gasteiger partial charge is 0.488 e. The van der Waals surface area contributed by atoms with Gasteiger partial charge in [-0.1, -0.05) is 60.7 Å². The molecule has 0 aromatic heterocycles. The first-order chi connectivity index (χ1) is 21.7. The van der Waals surface area contributed by atoms with Crippen molar-refractivity contribution in [3.63, 3.8) is 0 Å². The molecule has 0 aliphatic heterocycles. The molecule has 5 aromatic rings. The predicted molar refractivity (Wildman–Crippen MR) is 194 cm³/mol. The molecule has 5 aromatic carbocycles. The molecule has 0 aliphatic rings. The van der Waals surface area contributed by atoms with Crippen molar-refractivity contribution in [1.29, 1.82) is 0 Å². The summed E-state index contributed by atoms with van der Waals surface area (Å²) in [6, 6.07) is 43.1. The zero-order chi connectivity index (χ0) is 33.1. The van der Waals surface area contributed by atoms with Crippen molar-refractivity contribution >= 4 is 10.9 Å². The van der Waals surface area contributed by atoms with Crippen molar-refractivity contribution in [2.75, 3.05) is 0 Å². The lowest BCUT2D eigenvalue weighted by Crippen LogP contribution is -2.23. The standard InChI is InChI=1S/C42H47O3S/c1-40(2,3)43-32-25-21-30(22-26-32)37-19-14-20-38(39(37)31-23-27-33(28-24-31)44-41(4,5)6)46(35-16-11-10-12-17-35)36-18-13-15-34(29-36)45-42(7,8)9/h10-29H,1-9H3/q+1. The third kappa shape index (κ3) is 8.76. The molecule has 0 N–H and O–H groups in total. The maximum absolute atomic E-state index is 6.35. The molecule has 1 unspecified atom stereocenters. The molecule has 0 aliphatic carbocycles. The predicted octanol–water partition coefficient (Wildman–Crippen LogP) is 11.6. The quantitative estimate of drug-likeness (QED) is 0.160. The van der Waals surface area contributed by atoms with Crippen LogP contribution in [-0.4, -0.2) is 16.8 Å². The maximum atomic E-state index is 6.35. The smallest absolute Gasteiger partial charge is 0.175 e. The van der Waals surface area contributed by atoms with Crippen molar-refractivity contribution < 1.29 is 14.2 Å². The molecule has 0 heterocycles. The van der Waals surface area contributed by atoms with Crippen LogP contribution in [0.15, 0.2) is 136 Å². The fourth-order valence-corrected chi connectivity index (χ4v) is 7.61. The lowest BCUT2D eigenvalue weighted by Gasteiger charge is -2.23. The number of benzene rings is 5. The molecule has 0 radical (unpaired) electrons. The SMILES string of the molecule is CC(C)(C)Oc1ccc(-c2cccc([S+](c3ccccc3)c3cccc(OC(C)(C)C)c3)c2-c2ccc(OC(C)(C)C)cc2)cc1. The summed E-state index contributed by atoms with van der Waals surface area (Å²) < 4.78 is 18.7. The first-order valence-electron chi connectivity index (χ1n) is 16.0. The minimum absolute atomic E-state index is 0.265. The van der Waals surface area contributed by atoms with E-state index in [0.29, 0.717) is 0 Å². The summed E-state index contributed by atoms with van der Waals surface area (Å²) in [6.07, 6.45) is 0. The van der Waals surface area contributed by atoms with E-state index in [4.69, 9.17) is 14.2 Å². The van der Waals surface area contributed by atoms with Gasteiger partial charge in [-0.15, -0.1) is 0 Å². The Balaban J connectivity index is 1.72. The summed E-state index contributed by atoms with van der Waals surface area (Å²) in [7, 11) is -0.424. The normalized spacial score (nSPS) is 12.8. The van der Waals surface area contributed by atoms with Crippen molar-refractivity contribution in [2.45, 2.75) is 93.8 Å². The van der Waals surface area contributed by atoms with Crippen LogP contribution in [-0.2, 0) is 10.9 Å². The van der Waals surface area contributed by atoms with Crippen LogP contribution in [0.1, 0.15) is 62.3 Å². The highest BCUT2D eigenvalue weighted by molar-refractivity contribution is 7.97. The minimum Gasteiger partial charge on any atom is -0.488 e. The number of ether oxygens (including phenoxy) is 3. The van der Waals surface area contributed by atoms with E-state index in [-0.39, 0.29) is 16.8 Å². The third-order valence-corrected chi connectivity index (χ3v) is 9.10. The van der Waals surface area contributed by atoms with E-state index in [1.54, 1.807) is 0 Å². The molecule has 1 atom stereocenters. The molecule has 0 saturated carbocycles. The fraction of sp³-hybridized carbons (Fsp3) is 0.286. The second-order valence-electron chi connectivity index (χ2n) is 14.5. The van der Waals surface area contributed by atoms with Crippen LogP contribution >= 0.6 is 0 Å². The molecular formula is C42H47O3S+. The van der Waals surface area contributed by atoms with Crippen LogP contribution in [0.5, 0.6) is 17.2 Å². The Bertz CT molecular complexity index is 1740. The third-order valence-electron chi connectivity index (χ3n) is 6.85. The van der Waals surface area contributed by atoms with Crippen molar-refractivity contribution in [2.24, 2.45) is 0 Å². The van der Waals surface area contributed by atoms with Gasteiger partial charge in [0.25, 0.3) is 0 Å². The summed E-state index contributed by atoms with van der Waals surface area (Å²) in [5.74, 6) is 2.58. The van der Waals surface area contributed by atoms with Crippen molar-refractivity contribution in [3.05, 3.63) is 121 Å². The average molecular weight is 632 g/mol. The Morgan fingerprint density at radius 2 is 0.891 bits per heavy atom. The Morgan fingerprint density at radius 3 is 1.43 bits per heavy atom. The zero-order valence-electron chi connectivity index (χ0n) is 28.7. The van der Waals surface area contributed by atoms with Crippen LogP contribution in [0.2, 0.25) is 0 Å². The van der Waals surface area contributed by atoms with E-state index in [2.05, 4.69) is 178 Å². The summed E-state index contributed by atoms with van der Waals surface area (Å²) in [5, 5.41) is 0.